The van der Waals surface area contributed by atoms with Gasteiger partial charge in [0, 0.05) is 11.6 Å². The van der Waals surface area contributed by atoms with E-state index < -0.39 is 0 Å². The van der Waals surface area contributed by atoms with E-state index in [1.54, 1.807) is 18.2 Å². The van der Waals surface area contributed by atoms with Crippen LogP contribution >= 0.6 is 24.0 Å². The molecular weight excluding hydrogens is 382 g/mol. The van der Waals surface area contributed by atoms with E-state index in [-0.39, 0.29) is 12.7 Å². The summed E-state index contributed by atoms with van der Waals surface area (Å²) in [5.41, 5.74) is 2.60. The minimum atomic E-state index is -0.149. The van der Waals surface area contributed by atoms with E-state index in [9.17, 15) is 4.79 Å². The molecule has 0 unspecified atom stereocenters. The molecule has 0 N–H and O–H groups in total. The smallest absolute Gasteiger partial charge is 0.270 e. The summed E-state index contributed by atoms with van der Waals surface area (Å²) in [5, 5.41) is 0. The highest BCUT2D eigenvalue weighted by atomic mass is 32.2. The van der Waals surface area contributed by atoms with E-state index in [2.05, 4.69) is 0 Å². The lowest BCUT2D eigenvalue weighted by Crippen LogP contribution is -2.27. The maximum atomic E-state index is 12.9. The fourth-order valence-corrected chi connectivity index (χ4v) is 4.41. The lowest BCUT2D eigenvalue weighted by atomic mass is 10.1. The van der Waals surface area contributed by atoms with Gasteiger partial charge in [0.15, 0.2) is 15.8 Å². The van der Waals surface area contributed by atoms with Gasteiger partial charge >= 0.3 is 0 Å². The predicted molar refractivity (Wildman–Crippen MR) is 108 cm³/mol. The summed E-state index contributed by atoms with van der Waals surface area (Å²) in [7, 11) is 0. The van der Waals surface area contributed by atoms with Crippen LogP contribution < -0.4 is 19.1 Å². The molecule has 1 amide bonds. The highest BCUT2D eigenvalue weighted by Gasteiger charge is 2.34. The molecule has 0 spiro atoms. The molecule has 2 aromatic carbocycles. The number of hydrogen-bond donors (Lipinski definition) is 0. The molecule has 7 heteroatoms. The summed E-state index contributed by atoms with van der Waals surface area (Å²) in [5.74, 6) is 1.99. The number of para-hydroxylation sites is 1. The summed E-state index contributed by atoms with van der Waals surface area (Å²) in [6.07, 6.45) is 3.88. The van der Waals surface area contributed by atoms with E-state index >= 15 is 0 Å². The third kappa shape index (κ3) is 2.89. The molecule has 0 radical (unpaired) electrons. The Morgan fingerprint density at radius 3 is 2.81 bits per heavy atom. The first-order valence-electron chi connectivity index (χ1n) is 8.29. The quantitative estimate of drug-likeness (QED) is 0.563. The van der Waals surface area contributed by atoms with E-state index in [1.807, 2.05) is 36.4 Å². The summed E-state index contributed by atoms with van der Waals surface area (Å²) >= 11 is 6.73. The van der Waals surface area contributed by atoms with E-state index in [1.165, 1.54) is 16.7 Å². The number of benzene rings is 2. The number of carbonyl (C=O) groups is 1. The largest absolute Gasteiger partial charge is 0.488 e. The van der Waals surface area contributed by atoms with Crippen molar-refractivity contribution in [3.63, 3.8) is 0 Å². The average Bonchev–Trinajstić information content (AvgIpc) is 3.25. The van der Waals surface area contributed by atoms with Crippen molar-refractivity contribution in [2.24, 2.45) is 0 Å². The standard InChI is InChI=1S/C20H13NO4S2/c22-19-18(8-12-7-13-3-1-2-4-15(13)23-10-12)27-20(26)21(19)14-5-6-16-17(9-14)25-11-24-16/h1-9H,10-11H2/b18-8-. The Kier molecular flexibility index (Phi) is 3.91. The molecule has 3 heterocycles. The van der Waals surface area contributed by atoms with Gasteiger partial charge in [-0.1, -0.05) is 42.2 Å². The van der Waals surface area contributed by atoms with Gasteiger partial charge in [-0.3, -0.25) is 9.69 Å². The van der Waals surface area contributed by atoms with E-state index in [0.29, 0.717) is 33.0 Å². The topological polar surface area (TPSA) is 48.0 Å². The number of thioether (sulfide) groups is 1. The minimum absolute atomic E-state index is 0.149. The van der Waals surface area contributed by atoms with Crippen LogP contribution in [0.15, 0.2) is 59.0 Å². The first-order chi connectivity index (χ1) is 13.2. The highest BCUT2D eigenvalue weighted by molar-refractivity contribution is 8.27. The van der Waals surface area contributed by atoms with E-state index in [4.69, 9.17) is 26.4 Å². The van der Waals surface area contributed by atoms with Gasteiger partial charge in [-0.25, -0.2) is 0 Å². The van der Waals surface area contributed by atoms with Gasteiger partial charge in [-0.15, -0.1) is 0 Å². The number of amides is 1. The SMILES string of the molecule is O=C1/C(=C/C2=Cc3ccccc3OC2)SC(=S)N1c1ccc2c(c1)OCO2. The Morgan fingerprint density at radius 2 is 1.89 bits per heavy atom. The first kappa shape index (κ1) is 16.4. The van der Waals surface area contributed by atoms with Crippen molar-refractivity contribution in [1.82, 2.24) is 0 Å². The third-order valence-corrected chi connectivity index (χ3v) is 5.68. The Morgan fingerprint density at radius 1 is 1.04 bits per heavy atom. The zero-order chi connectivity index (χ0) is 18.4. The van der Waals surface area contributed by atoms with Crippen LogP contribution in [0, 0.1) is 0 Å². The number of anilines is 1. The van der Waals surface area contributed by atoms with Crippen molar-refractivity contribution in [3.05, 3.63) is 64.6 Å². The molecule has 0 saturated carbocycles. The number of nitrogens with zero attached hydrogens (tertiary/aromatic N) is 1. The third-order valence-electron chi connectivity index (χ3n) is 4.38. The second-order valence-corrected chi connectivity index (χ2v) is 7.78. The molecule has 0 aromatic heterocycles. The van der Waals surface area contributed by atoms with Crippen molar-refractivity contribution in [1.29, 1.82) is 0 Å². The van der Waals surface area contributed by atoms with Crippen molar-refractivity contribution < 1.29 is 19.0 Å². The van der Waals surface area contributed by atoms with Crippen LogP contribution in [0.1, 0.15) is 5.56 Å². The van der Waals surface area contributed by atoms with Crippen LogP contribution in [0.4, 0.5) is 5.69 Å². The fourth-order valence-electron chi connectivity index (χ4n) is 3.10. The number of ether oxygens (including phenoxy) is 3. The minimum Gasteiger partial charge on any atom is -0.488 e. The molecule has 3 aliphatic rings. The van der Waals surface area contributed by atoms with Crippen LogP contribution in [0.25, 0.3) is 6.08 Å². The van der Waals surface area contributed by atoms with Crippen LogP contribution in [0.3, 0.4) is 0 Å². The van der Waals surface area contributed by atoms with Crippen LogP contribution in [0.2, 0.25) is 0 Å². The molecule has 0 bridgehead atoms. The Labute approximate surface area is 165 Å². The Bertz CT molecular complexity index is 1040. The van der Waals surface area contributed by atoms with E-state index in [0.717, 1.165) is 16.9 Å². The first-order valence-corrected chi connectivity index (χ1v) is 9.51. The summed E-state index contributed by atoms with van der Waals surface area (Å²) in [6, 6.07) is 13.2. The van der Waals surface area contributed by atoms with Gasteiger partial charge < -0.3 is 14.2 Å². The van der Waals surface area contributed by atoms with Crippen molar-refractivity contribution in [3.8, 4) is 17.2 Å². The van der Waals surface area contributed by atoms with Gasteiger partial charge in [0.1, 0.15) is 12.4 Å². The van der Waals surface area contributed by atoms with Gasteiger partial charge in [0.05, 0.1) is 10.6 Å². The normalized spacial score (nSPS) is 19.2. The van der Waals surface area contributed by atoms with Crippen LogP contribution in [-0.2, 0) is 4.79 Å². The lowest BCUT2D eigenvalue weighted by molar-refractivity contribution is -0.113. The summed E-state index contributed by atoms with van der Waals surface area (Å²) < 4.78 is 17.0. The zero-order valence-electron chi connectivity index (χ0n) is 14.0. The van der Waals surface area contributed by atoms with Crippen LogP contribution in [0.5, 0.6) is 17.2 Å². The molecule has 134 valence electrons. The molecule has 5 rings (SSSR count). The maximum Gasteiger partial charge on any atom is 0.270 e. The fraction of sp³-hybridized carbons (Fsp3) is 0.100. The number of hydrogen-bond acceptors (Lipinski definition) is 6. The highest BCUT2D eigenvalue weighted by Crippen LogP contribution is 2.41. The average molecular weight is 395 g/mol. The van der Waals surface area contributed by atoms with Gasteiger partial charge in [-0.2, -0.15) is 0 Å². The second kappa shape index (κ2) is 6.44. The monoisotopic (exact) mass is 395 g/mol. The van der Waals surface area contributed by atoms with Crippen molar-refractivity contribution >= 4 is 46.0 Å². The molecule has 2 aromatic rings. The maximum absolute atomic E-state index is 12.9. The number of thiocarbonyl (C=S) groups is 1. The van der Waals surface area contributed by atoms with Gasteiger partial charge in [0.25, 0.3) is 5.91 Å². The number of fused-ring (bicyclic) bond motifs is 2. The summed E-state index contributed by atoms with van der Waals surface area (Å²) in [6.45, 7) is 0.609. The molecule has 1 saturated heterocycles. The molecule has 27 heavy (non-hydrogen) atoms. The number of carbonyl (C=O) groups excluding carboxylic acids is 1. The Hall–Kier alpha value is -2.77. The van der Waals surface area contributed by atoms with Gasteiger partial charge in [-0.05, 0) is 35.9 Å². The predicted octanol–water partition coefficient (Wildman–Crippen LogP) is 4.14. The molecule has 0 aliphatic carbocycles. The van der Waals surface area contributed by atoms with Crippen molar-refractivity contribution in [2.45, 2.75) is 0 Å². The zero-order valence-corrected chi connectivity index (χ0v) is 15.6. The molecule has 5 nitrogen and oxygen atoms in total. The van der Waals surface area contributed by atoms with Crippen LogP contribution in [-0.4, -0.2) is 23.6 Å². The Balaban J connectivity index is 1.45. The van der Waals surface area contributed by atoms with Gasteiger partial charge in [0.2, 0.25) is 6.79 Å². The molecule has 3 aliphatic heterocycles. The lowest BCUT2D eigenvalue weighted by Gasteiger charge is -2.16. The molecular formula is C20H13NO4S2. The summed E-state index contributed by atoms with van der Waals surface area (Å²) in [4.78, 5) is 15.0. The molecule has 1 fully saturated rings. The number of rotatable bonds is 2. The molecule has 0 atom stereocenters. The van der Waals surface area contributed by atoms with Crippen molar-refractivity contribution in [2.75, 3.05) is 18.3 Å². The second-order valence-electron chi connectivity index (χ2n) is 6.10.